The Morgan fingerprint density at radius 1 is 1.04 bits per heavy atom. The summed E-state index contributed by atoms with van der Waals surface area (Å²) < 4.78 is 12.2. The summed E-state index contributed by atoms with van der Waals surface area (Å²) in [5.74, 6) is 1.32. The molecule has 24 heavy (non-hydrogen) atoms. The molecule has 0 N–H and O–H groups in total. The van der Waals surface area contributed by atoms with E-state index in [1.807, 2.05) is 42.5 Å². The maximum atomic E-state index is 11.3. The summed E-state index contributed by atoms with van der Waals surface area (Å²) in [4.78, 5) is 11.3. The van der Waals surface area contributed by atoms with Crippen LogP contribution in [0, 0.1) is 0 Å². The lowest BCUT2D eigenvalue weighted by Crippen LogP contribution is -2.44. The van der Waals surface area contributed by atoms with Crippen molar-refractivity contribution in [2.45, 2.75) is 45.5 Å². The quantitative estimate of drug-likeness (QED) is 0.516. The molecule has 0 saturated heterocycles. The van der Waals surface area contributed by atoms with Crippen LogP contribution in [-0.2, 0) is 6.61 Å². The molecule has 4 heteroatoms. The third-order valence-corrected chi connectivity index (χ3v) is 8.87. The lowest BCUT2D eigenvalue weighted by Gasteiger charge is -2.36. The largest absolute Gasteiger partial charge is 0.543 e. The maximum absolute atomic E-state index is 11.3. The molecule has 2 rings (SSSR count). The van der Waals surface area contributed by atoms with Crippen LogP contribution in [0.3, 0.4) is 0 Å². The van der Waals surface area contributed by atoms with Gasteiger partial charge in [0.2, 0.25) is 0 Å². The molecule has 0 bridgehead atoms. The van der Waals surface area contributed by atoms with Crippen molar-refractivity contribution < 1.29 is 14.0 Å². The SMILES string of the molecule is CC(C)(C)[Si](C)(C)Oc1cc(OCc2ccccc2)ccc1C=O. The van der Waals surface area contributed by atoms with Crippen molar-refractivity contribution in [3.05, 3.63) is 59.7 Å². The Balaban J connectivity index is 2.20. The maximum Gasteiger partial charge on any atom is 0.250 e. The highest BCUT2D eigenvalue weighted by Gasteiger charge is 2.39. The zero-order valence-corrected chi connectivity index (χ0v) is 16.1. The molecule has 0 aliphatic rings. The van der Waals surface area contributed by atoms with E-state index in [1.165, 1.54) is 0 Å². The molecular formula is C20H26O3Si. The standard InChI is InChI=1S/C20H26O3Si/c1-20(2,3)24(4,5)23-19-13-18(12-11-17(19)14-21)22-15-16-9-7-6-8-10-16/h6-14H,15H2,1-5H3. The average molecular weight is 343 g/mol. The van der Waals surface area contributed by atoms with Gasteiger partial charge in [0.05, 0.1) is 5.56 Å². The molecule has 128 valence electrons. The van der Waals surface area contributed by atoms with Gasteiger partial charge >= 0.3 is 0 Å². The van der Waals surface area contributed by atoms with Crippen molar-refractivity contribution in [3.63, 3.8) is 0 Å². The minimum Gasteiger partial charge on any atom is -0.543 e. The van der Waals surface area contributed by atoms with Crippen LogP contribution < -0.4 is 9.16 Å². The van der Waals surface area contributed by atoms with E-state index in [2.05, 4.69) is 33.9 Å². The van der Waals surface area contributed by atoms with Crippen molar-refractivity contribution >= 4 is 14.6 Å². The molecule has 0 aromatic heterocycles. The Morgan fingerprint density at radius 3 is 2.29 bits per heavy atom. The van der Waals surface area contributed by atoms with E-state index in [0.29, 0.717) is 23.7 Å². The molecule has 0 atom stereocenters. The van der Waals surface area contributed by atoms with Gasteiger partial charge in [-0.05, 0) is 35.8 Å². The smallest absolute Gasteiger partial charge is 0.250 e. The molecule has 0 radical (unpaired) electrons. The molecule has 0 spiro atoms. The molecule has 0 fully saturated rings. The minimum absolute atomic E-state index is 0.0635. The van der Waals surface area contributed by atoms with Gasteiger partial charge in [0.1, 0.15) is 18.1 Å². The summed E-state index contributed by atoms with van der Waals surface area (Å²) in [5.41, 5.74) is 1.66. The molecule has 3 nitrogen and oxygen atoms in total. The van der Waals surface area contributed by atoms with Gasteiger partial charge in [-0.2, -0.15) is 0 Å². The van der Waals surface area contributed by atoms with E-state index in [1.54, 1.807) is 6.07 Å². The van der Waals surface area contributed by atoms with E-state index >= 15 is 0 Å². The van der Waals surface area contributed by atoms with Crippen LogP contribution in [-0.4, -0.2) is 14.6 Å². The summed E-state index contributed by atoms with van der Waals surface area (Å²) in [6.45, 7) is 11.3. The number of rotatable bonds is 6. The lowest BCUT2D eigenvalue weighted by molar-refractivity contribution is 0.112. The highest BCUT2D eigenvalue weighted by molar-refractivity contribution is 6.74. The monoisotopic (exact) mass is 342 g/mol. The van der Waals surface area contributed by atoms with Crippen LogP contribution in [0.4, 0.5) is 0 Å². The van der Waals surface area contributed by atoms with Crippen molar-refractivity contribution in [2.24, 2.45) is 0 Å². The Hall–Kier alpha value is -2.07. The number of benzene rings is 2. The van der Waals surface area contributed by atoms with E-state index in [0.717, 1.165) is 11.8 Å². The summed E-state index contributed by atoms with van der Waals surface area (Å²) in [6.07, 6.45) is 0.837. The van der Waals surface area contributed by atoms with Gasteiger partial charge < -0.3 is 9.16 Å². The molecule has 0 amide bonds. The van der Waals surface area contributed by atoms with E-state index < -0.39 is 8.32 Å². The van der Waals surface area contributed by atoms with Crippen molar-refractivity contribution in [1.82, 2.24) is 0 Å². The van der Waals surface area contributed by atoms with Crippen LogP contribution in [0.2, 0.25) is 18.1 Å². The Morgan fingerprint density at radius 2 is 1.71 bits per heavy atom. The van der Waals surface area contributed by atoms with Crippen molar-refractivity contribution in [1.29, 1.82) is 0 Å². The highest BCUT2D eigenvalue weighted by Crippen LogP contribution is 2.38. The fourth-order valence-electron chi connectivity index (χ4n) is 1.96. The number of hydrogen-bond acceptors (Lipinski definition) is 3. The van der Waals surface area contributed by atoms with Gasteiger partial charge in [-0.3, -0.25) is 4.79 Å². The Kier molecular flexibility index (Phi) is 5.50. The van der Waals surface area contributed by atoms with Gasteiger partial charge in [-0.25, -0.2) is 0 Å². The third kappa shape index (κ3) is 4.48. The van der Waals surface area contributed by atoms with E-state index in [4.69, 9.17) is 9.16 Å². The second kappa shape index (κ2) is 7.22. The summed E-state index contributed by atoms with van der Waals surface area (Å²) >= 11 is 0. The first-order valence-corrected chi connectivity index (χ1v) is 11.1. The predicted molar refractivity (Wildman–Crippen MR) is 100 cm³/mol. The fourth-order valence-corrected chi connectivity index (χ4v) is 2.99. The zero-order valence-electron chi connectivity index (χ0n) is 15.1. The fraction of sp³-hybridized carbons (Fsp3) is 0.350. The summed E-state index contributed by atoms with van der Waals surface area (Å²) in [6, 6.07) is 15.4. The first-order valence-electron chi connectivity index (χ1n) is 8.18. The first kappa shape index (κ1) is 18.3. The second-order valence-electron chi connectivity index (χ2n) is 7.45. The molecule has 0 unspecified atom stereocenters. The Bertz CT molecular complexity index is 688. The predicted octanol–water partition coefficient (Wildman–Crippen LogP) is 5.46. The second-order valence-corrected chi connectivity index (χ2v) is 12.2. The summed E-state index contributed by atoms with van der Waals surface area (Å²) in [5, 5.41) is 0.0635. The normalized spacial score (nSPS) is 11.9. The zero-order chi connectivity index (χ0) is 17.8. The summed E-state index contributed by atoms with van der Waals surface area (Å²) in [7, 11) is -2.02. The van der Waals surface area contributed by atoms with Crippen LogP contribution in [0.15, 0.2) is 48.5 Å². The van der Waals surface area contributed by atoms with E-state index in [9.17, 15) is 4.79 Å². The topological polar surface area (TPSA) is 35.5 Å². The third-order valence-electron chi connectivity index (χ3n) is 4.53. The molecule has 2 aromatic rings. The average Bonchev–Trinajstić information content (AvgIpc) is 2.52. The molecule has 2 aromatic carbocycles. The van der Waals surface area contributed by atoms with Gasteiger partial charge in [-0.1, -0.05) is 51.1 Å². The number of hydrogen-bond donors (Lipinski definition) is 0. The number of ether oxygens (including phenoxy) is 1. The van der Waals surface area contributed by atoms with Gasteiger partial charge in [0, 0.05) is 6.07 Å². The highest BCUT2D eigenvalue weighted by atomic mass is 28.4. The van der Waals surface area contributed by atoms with Gasteiger partial charge in [0.15, 0.2) is 6.29 Å². The lowest BCUT2D eigenvalue weighted by atomic mass is 10.2. The van der Waals surface area contributed by atoms with Crippen LogP contribution >= 0.6 is 0 Å². The van der Waals surface area contributed by atoms with Gasteiger partial charge in [0.25, 0.3) is 8.32 Å². The van der Waals surface area contributed by atoms with Crippen molar-refractivity contribution in [3.8, 4) is 11.5 Å². The molecule has 0 aliphatic carbocycles. The number of carbonyl (C=O) groups is 1. The van der Waals surface area contributed by atoms with Gasteiger partial charge in [-0.15, -0.1) is 0 Å². The molecule has 0 aliphatic heterocycles. The van der Waals surface area contributed by atoms with Crippen molar-refractivity contribution in [2.75, 3.05) is 0 Å². The number of aldehydes is 1. The van der Waals surface area contributed by atoms with Crippen LogP contribution in [0.1, 0.15) is 36.7 Å². The first-order chi connectivity index (χ1) is 11.2. The number of carbonyl (C=O) groups excluding carboxylic acids is 1. The van der Waals surface area contributed by atoms with Crippen LogP contribution in [0.5, 0.6) is 11.5 Å². The Labute approximate surface area is 145 Å². The molecule has 0 heterocycles. The molecule has 0 saturated carbocycles. The van der Waals surface area contributed by atoms with Crippen LogP contribution in [0.25, 0.3) is 0 Å². The van der Waals surface area contributed by atoms with E-state index in [-0.39, 0.29) is 5.04 Å². The molecular weight excluding hydrogens is 316 g/mol. The minimum atomic E-state index is -2.02.